The standard InChI is InChI=1S/C54H64ClN9O9/c1-33(2)50(61-46(66)14-6-5-9-24-62-47(67)21-22-48(62)68)52(70)60-42(13-10-23-57-54(56)72)51(69)58-37-17-15-34(16-18-37)32-64(3,4)25-26-73-38-19-20-41-35(27-38)28-43(59-41)53(71)63-31-36(30-55)49-40-12-8-7-11-39(40)45(65)29-44(49)63/h7-8,11-12,15-22,27-29,33,36,42,50H,5-6,9-10,13-14,23-26,30-32H2,1-4H3,(H7-,56,57,58,59,60,61,65,66,69,70,71,72)/p+1/t36-,42+,50+/m1/s1. The van der Waals surface area contributed by atoms with Gasteiger partial charge in [0.1, 0.15) is 49.0 Å². The van der Waals surface area contributed by atoms with E-state index in [2.05, 4.69) is 40.3 Å². The molecule has 8 amide bonds. The first-order valence-corrected chi connectivity index (χ1v) is 25.2. The highest BCUT2D eigenvalue weighted by atomic mass is 35.5. The van der Waals surface area contributed by atoms with Gasteiger partial charge in [-0.1, -0.05) is 56.7 Å². The predicted molar refractivity (Wildman–Crippen MR) is 280 cm³/mol. The van der Waals surface area contributed by atoms with Gasteiger partial charge in [0, 0.05) is 83.6 Å². The number of phenolic OH excluding ortho intramolecular Hbond substituents is 1. The first-order chi connectivity index (χ1) is 34.9. The summed E-state index contributed by atoms with van der Waals surface area (Å²) >= 11 is 6.42. The van der Waals surface area contributed by atoms with Crippen molar-refractivity contribution in [3.8, 4) is 11.5 Å². The molecule has 73 heavy (non-hydrogen) atoms. The Kier molecular flexibility index (Phi) is 17.4. The lowest BCUT2D eigenvalue weighted by molar-refractivity contribution is -0.903. The number of carbonyl (C=O) groups excluding carboxylic acids is 7. The summed E-state index contributed by atoms with van der Waals surface area (Å²) in [5.41, 5.74) is 9.58. The van der Waals surface area contributed by atoms with Crippen molar-refractivity contribution in [2.45, 2.75) is 76.9 Å². The lowest BCUT2D eigenvalue weighted by Crippen LogP contribution is -2.54. The molecule has 7 rings (SSSR count). The highest BCUT2D eigenvalue weighted by Gasteiger charge is 2.36. The molecule has 18 nitrogen and oxygen atoms in total. The van der Waals surface area contributed by atoms with Crippen molar-refractivity contribution in [1.82, 2.24) is 25.8 Å². The van der Waals surface area contributed by atoms with Crippen LogP contribution in [0.1, 0.15) is 79.9 Å². The molecule has 3 heterocycles. The van der Waals surface area contributed by atoms with E-state index in [0.717, 1.165) is 37.7 Å². The number of primary amides is 1. The van der Waals surface area contributed by atoms with Crippen LogP contribution in [-0.2, 0) is 30.5 Å². The van der Waals surface area contributed by atoms with Crippen molar-refractivity contribution in [3.63, 3.8) is 0 Å². The lowest BCUT2D eigenvalue weighted by Gasteiger charge is -2.30. The third-order valence-corrected chi connectivity index (χ3v) is 13.6. The molecular weight excluding hydrogens is 954 g/mol. The minimum absolute atomic E-state index is 0.0827. The first-order valence-electron chi connectivity index (χ1n) is 24.7. The van der Waals surface area contributed by atoms with Crippen LogP contribution >= 0.6 is 11.6 Å². The zero-order chi connectivity index (χ0) is 52.4. The van der Waals surface area contributed by atoms with E-state index < -0.39 is 29.9 Å². The van der Waals surface area contributed by atoms with Crippen LogP contribution in [0, 0.1) is 5.92 Å². The highest BCUT2D eigenvalue weighted by Crippen LogP contribution is 2.45. The smallest absolute Gasteiger partial charge is 0.312 e. The van der Waals surface area contributed by atoms with E-state index >= 15 is 0 Å². The molecule has 0 radical (unpaired) electrons. The largest absolute Gasteiger partial charge is 0.507 e. The summed E-state index contributed by atoms with van der Waals surface area (Å²) in [5.74, 6) is -1.54. The topological polar surface area (TPSA) is 245 Å². The minimum atomic E-state index is -1.00. The van der Waals surface area contributed by atoms with Crippen molar-refractivity contribution in [3.05, 3.63) is 108 Å². The number of nitrogens with zero attached hydrogens (tertiary/aromatic N) is 3. The van der Waals surface area contributed by atoms with Crippen LogP contribution in [0.4, 0.5) is 16.2 Å². The molecule has 5 aromatic rings. The Bertz CT molecular complexity index is 2880. The van der Waals surface area contributed by atoms with E-state index in [1.54, 1.807) is 36.9 Å². The lowest BCUT2D eigenvalue weighted by atomic mass is 9.95. The number of unbranched alkanes of at least 4 members (excludes halogenated alkanes) is 2. The number of amides is 8. The zero-order valence-corrected chi connectivity index (χ0v) is 42.4. The van der Waals surface area contributed by atoms with Crippen molar-refractivity contribution < 1.29 is 47.9 Å². The number of aromatic nitrogens is 1. The van der Waals surface area contributed by atoms with E-state index in [0.29, 0.717) is 85.1 Å². The fourth-order valence-electron chi connectivity index (χ4n) is 9.33. The molecule has 0 fully saturated rings. The third-order valence-electron chi connectivity index (χ3n) is 13.2. The maximum Gasteiger partial charge on any atom is 0.312 e. The molecule has 386 valence electrons. The van der Waals surface area contributed by atoms with Crippen molar-refractivity contribution >= 4 is 86.1 Å². The maximum absolute atomic E-state index is 14.0. The molecule has 0 saturated carbocycles. The number of nitrogens with two attached hydrogens (primary N) is 1. The number of benzene rings is 4. The van der Waals surface area contributed by atoms with Gasteiger partial charge in [0.05, 0.1) is 19.8 Å². The summed E-state index contributed by atoms with van der Waals surface area (Å²) in [6.07, 6.45) is 4.74. The number of urea groups is 1. The van der Waals surface area contributed by atoms with E-state index in [4.69, 9.17) is 22.1 Å². The third kappa shape index (κ3) is 13.5. The van der Waals surface area contributed by atoms with Gasteiger partial charge in [0.25, 0.3) is 17.7 Å². The average molecular weight is 1020 g/mol. The van der Waals surface area contributed by atoms with Gasteiger partial charge in [-0.05, 0) is 78.9 Å². The first kappa shape index (κ1) is 53.4. The number of aromatic amines is 1. The van der Waals surface area contributed by atoms with Crippen LogP contribution in [0.15, 0.2) is 91.0 Å². The number of quaternary nitrogens is 1. The van der Waals surface area contributed by atoms with Gasteiger partial charge in [-0.25, -0.2) is 4.79 Å². The van der Waals surface area contributed by atoms with Gasteiger partial charge in [-0.15, -0.1) is 11.6 Å². The number of fused-ring (bicyclic) bond motifs is 4. The number of imide groups is 1. The van der Waals surface area contributed by atoms with Gasteiger partial charge < -0.3 is 51.2 Å². The van der Waals surface area contributed by atoms with Gasteiger partial charge in [0.15, 0.2) is 0 Å². The number of nitrogens with one attached hydrogen (secondary N) is 5. The number of carbonyl (C=O) groups is 7. The second-order valence-electron chi connectivity index (χ2n) is 19.7. The van der Waals surface area contributed by atoms with Crippen molar-refractivity contribution in [2.75, 3.05) is 63.0 Å². The van der Waals surface area contributed by atoms with Gasteiger partial charge in [-0.3, -0.25) is 33.7 Å². The molecule has 0 spiro atoms. The van der Waals surface area contributed by atoms with Crippen LogP contribution in [0.3, 0.4) is 0 Å². The molecule has 3 atom stereocenters. The number of ether oxygens (including phenoxy) is 1. The van der Waals surface area contributed by atoms with Crippen LogP contribution < -0.4 is 36.6 Å². The number of aromatic hydroxyl groups is 1. The summed E-state index contributed by atoms with van der Waals surface area (Å²) in [6, 6.07) is 21.5. The Labute approximate surface area is 429 Å². The second kappa shape index (κ2) is 23.9. The summed E-state index contributed by atoms with van der Waals surface area (Å²) in [5, 5.41) is 24.3. The van der Waals surface area contributed by atoms with E-state index in [-0.39, 0.29) is 67.1 Å². The van der Waals surface area contributed by atoms with Crippen LogP contribution in [0.2, 0.25) is 0 Å². The summed E-state index contributed by atoms with van der Waals surface area (Å²) in [6.45, 7) is 6.17. The zero-order valence-electron chi connectivity index (χ0n) is 41.7. The number of halogens is 1. The Balaban J connectivity index is 0.894. The Hall–Kier alpha value is -7.44. The summed E-state index contributed by atoms with van der Waals surface area (Å²) < 4.78 is 6.81. The molecule has 0 aliphatic carbocycles. The quantitative estimate of drug-likeness (QED) is 0.0162. The maximum atomic E-state index is 14.0. The molecule has 4 aromatic carbocycles. The fourth-order valence-corrected chi connectivity index (χ4v) is 9.58. The SMILES string of the molecule is CC(C)[C@H](NC(=O)CCCCCN1C(=O)C=CC1=O)C(=O)N[C@@H](CCCNC(N)=O)C(=O)Nc1ccc(C[N+](C)(C)CCOc2ccc3[nH]c(C(=O)N4C[C@@H](CCl)c5c4cc(O)c4ccccc54)cc3c2)cc1. The number of phenols is 1. The number of likely N-dealkylation sites (N-methyl/N-ethyl adjacent to an activating group) is 1. The van der Waals surface area contributed by atoms with Crippen LogP contribution in [0.5, 0.6) is 11.5 Å². The van der Waals surface area contributed by atoms with Crippen LogP contribution in [0.25, 0.3) is 21.7 Å². The highest BCUT2D eigenvalue weighted by molar-refractivity contribution is 6.19. The van der Waals surface area contributed by atoms with Crippen molar-refractivity contribution in [2.24, 2.45) is 11.7 Å². The number of alkyl halides is 1. The Morgan fingerprint density at radius 1 is 0.890 bits per heavy atom. The number of hydrogen-bond donors (Lipinski definition) is 7. The molecule has 1 aromatic heterocycles. The molecule has 0 unspecified atom stereocenters. The van der Waals surface area contributed by atoms with Gasteiger partial charge >= 0.3 is 6.03 Å². The van der Waals surface area contributed by atoms with Gasteiger partial charge in [0.2, 0.25) is 17.7 Å². The molecule has 2 aliphatic heterocycles. The van der Waals surface area contributed by atoms with E-state index in [1.165, 1.54) is 12.2 Å². The molecular formula is C54H65ClN9O9+. The number of anilines is 2. The predicted octanol–water partition coefficient (Wildman–Crippen LogP) is 6.16. The van der Waals surface area contributed by atoms with Crippen molar-refractivity contribution in [1.29, 1.82) is 0 Å². The molecule has 8 N–H and O–H groups in total. The minimum Gasteiger partial charge on any atom is -0.507 e. The molecule has 0 saturated heterocycles. The molecule has 0 bridgehead atoms. The summed E-state index contributed by atoms with van der Waals surface area (Å²) in [4.78, 5) is 95.3. The number of hydrogen-bond acceptors (Lipinski definition) is 9. The van der Waals surface area contributed by atoms with Crippen LogP contribution in [-0.4, -0.2) is 126 Å². The molecule has 2 aliphatic rings. The number of rotatable bonds is 24. The normalized spacial score (nSPS) is 15.2. The second-order valence-corrected chi connectivity index (χ2v) is 20.0. The Morgan fingerprint density at radius 2 is 1.62 bits per heavy atom. The fraction of sp³-hybridized carbons (Fsp3) is 0.389. The van der Waals surface area contributed by atoms with E-state index in [1.807, 2.05) is 60.7 Å². The molecule has 19 heteroatoms. The summed E-state index contributed by atoms with van der Waals surface area (Å²) in [7, 11) is 4.19. The average Bonchev–Trinajstić information content (AvgIpc) is 4.05. The van der Waals surface area contributed by atoms with E-state index in [9.17, 15) is 38.7 Å². The monoisotopic (exact) mass is 1020 g/mol. The number of H-pyrrole nitrogens is 1. The Morgan fingerprint density at radius 3 is 2.32 bits per heavy atom. The van der Waals surface area contributed by atoms with Gasteiger partial charge in [-0.2, -0.15) is 0 Å².